The van der Waals surface area contributed by atoms with E-state index in [0.717, 1.165) is 62.7 Å². The number of aromatic nitrogens is 1. The first-order valence-corrected chi connectivity index (χ1v) is 15.1. The van der Waals surface area contributed by atoms with Crippen LogP contribution in [0, 0.1) is 0 Å². The minimum Gasteiger partial charge on any atom is -0.494 e. The molecule has 1 N–H and O–H groups in total. The number of allylic oxidation sites excluding steroid dienone is 1. The van der Waals surface area contributed by atoms with E-state index in [4.69, 9.17) is 4.74 Å². The Hall–Kier alpha value is -3.76. The van der Waals surface area contributed by atoms with Gasteiger partial charge in [0.05, 0.1) is 23.9 Å². The van der Waals surface area contributed by atoms with Crippen molar-refractivity contribution in [2.75, 3.05) is 25.2 Å². The minimum atomic E-state index is -4.99. The second-order valence-electron chi connectivity index (χ2n) is 10.2. The Labute approximate surface area is 253 Å². The number of amides is 1. The summed E-state index contributed by atoms with van der Waals surface area (Å²) in [5, 5.41) is 2.20. The molecule has 1 aromatic heterocycles. The van der Waals surface area contributed by atoms with Gasteiger partial charge in [0.15, 0.2) is 15.6 Å². The highest BCUT2D eigenvalue weighted by molar-refractivity contribution is 7.91. The smallest absolute Gasteiger partial charge is 0.398 e. The third-order valence-electron chi connectivity index (χ3n) is 6.44. The predicted octanol–water partition coefficient (Wildman–Crippen LogP) is 5.82. The minimum absolute atomic E-state index is 0.00974. The van der Waals surface area contributed by atoms with Gasteiger partial charge >= 0.3 is 19.0 Å². The van der Waals surface area contributed by atoms with Crippen LogP contribution in [0.5, 0.6) is 11.5 Å². The van der Waals surface area contributed by atoms with Crippen LogP contribution in [0.25, 0.3) is 5.57 Å². The summed E-state index contributed by atoms with van der Waals surface area (Å²) >= 11 is 0. The maximum atomic E-state index is 14.8. The molecule has 0 saturated carbocycles. The van der Waals surface area contributed by atoms with Crippen LogP contribution in [0.2, 0.25) is 0 Å². The number of carbonyl (C=O) groups is 2. The van der Waals surface area contributed by atoms with E-state index < -0.39 is 76.8 Å². The van der Waals surface area contributed by atoms with E-state index in [1.54, 1.807) is 0 Å². The lowest BCUT2D eigenvalue weighted by Gasteiger charge is -2.34. The third kappa shape index (κ3) is 11.9. The summed E-state index contributed by atoms with van der Waals surface area (Å²) in [6.07, 6.45) is -10.3. The van der Waals surface area contributed by atoms with E-state index in [1.807, 2.05) is 0 Å². The number of nitrogens with one attached hydrogen (secondary N) is 1. The first-order chi connectivity index (χ1) is 20.6. The Morgan fingerprint density at radius 2 is 1.58 bits per heavy atom. The van der Waals surface area contributed by atoms with Gasteiger partial charge in [-0.2, -0.15) is 35.1 Å². The number of rotatable bonds is 15. The first kappa shape index (κ1) is 37.4. The molecule has 45 heavy (non-hydrogen) atoms. The molecule has 250 valence electrons. The predicted molar refractivity (Wildman–Crippen MR) is 146 cm³/mol. The Morgan fingerprint density at radius 3 is 2.04 bits per heavy atom. The molecule has 2 aromatic rings. The highest BCUT2D eigenvalue weighted by atomic mass is 32.2. The van der Waals surface area contributed by atoms with E-state index >= 15 is 0 Å². The fourth-order valence-electron chi connectivity index (χ4n) is 4.10. The highest BCUT2D eigenvalue weighted by Gasteiger charge is 2.53. The molecule has 0 aliphatic carbocycles. The van der Waals surface area contributed by atoms with E-state index in [2.05, 4.69) is 15.0 Å². The van der Waals surface area contributed by atoms with Crippen LogP contribution in [0.3, 0.4) is 0 Å². The van der Waals surface area contributed by atoms with Crippen molar-refractivity contribution in [3.63, 3.8) is 0 Å². The number of benzene rings is 1. The van der Waals surface area contributed by atoms with E-state index in [1.165, 1.54) is 0 Å². The largest absolute Gasteiger partial charge is 0.494 e. The van der Waals surface area contributed by atoms with Crippen molar-refractivity contribution in [3.8, 4) is 11.5 Å². The molecule has 0 aliphatic heterocycles. The molecule has 2 rings (SSSR count). The van der Waals surface area contributed by atoms with Crippen LogP contribution in [-0.2, 0) is 24.8 Å². The number of hydrogen-bond acceptors (Lipinski definition) is 7. The molecule has 8 nitrogen and oxygen atoms in total. The van der Waals surface area contributed by atoms with Crippen molar-refractivity contribution in [3.05, 3.63) is 59.4 Å². The number of sulfone groups is 1. The zero-order valence-electron chi connectivity index (χ0n) is 24.2. The molecule has 0 spiro atoms. The summed E-state index contributed by atoms with van der Waals surface area (Å²) in [4.78, 5) is 28.8. The van der Waals surface area contributed by atoms with Gasteiger partial charge in [0.25, 0.3) is 0 Å². The fraction of sp³-hybridized carbons (Fsp3) is 0.464. The van der Waals surface area contributed by atoms with Crippen LogP contribution >= 0.6 is 0 Å². The van der Waals surface area contributed by atoms with Gasteiger partial charge in [0.2, 0.25) is 5.91 Å². The maximum absolute atomic E-state index is 14.8. The standard InChI is InChI=1S/C28H30F8N2O6S/c1-17(39)22(15-38-24(40)16-45(3,41)42)21(23-10-9-20(14-37-23)44-25(29)30)13-26(2,28(34,35)36)18-5-7-19(8-6-18)43-12-4-11-27(31,32)33/h5-10,14,25H,4,11-13,15-16H2,1-3H3,(H,38,40)/b22-21+/t26-/m1/s1. The molecular weight excluding hydrogens is 644 g/mol. The van der Waals surface area contributed by atoms with Crippen LogP contribution < -0.4 is 14.8 Å². The molecule has 0 saturated heterocycles. The average molecular weight is 675 g/mol. The summed E-state index contributed by atoms with van der Waals surface area (Å²) in [6.45, 7) is -2.43. The van der Waals surface area contributed by atoms with Gasteiger partial charge in [-0.25, -0.2) is 8.42 Å². The molecule has 17 heteroatoms. The maximum Gasteiger partial charge on any atom is 0.398 e. The quantitative estimate of drug-likeness (QED) is 0.144. The SMILES string of the molecule is CC(=O)/C(CNC(=O)CS(C)(=O)=O)=C(\C[C@](C)(c1ccc(OCCCC(F)(F)F)cc1)C(F)(F)F)c1ccc(OC(F)F)cn1. The zero-order chi connectivity index (χ0) is 34.2. The number of pyridine rings is 1. The Morgan fingerprint density at radius 1 is 0.978 bits per heavy atom. The Bertz CT molecular complexity index is 1460. The van der Waals surface area contributed by atoms with E-state index in [0.29, 0.717) is 0 Å². The lowest BCUT2D eigenvalue weighted by atomic mass is 9.74. The molecule has 0 fully saturated rings. The number of Topliss-reactive ketones (excluding diaryl/α,β-unsaturated/α-hetero) is 1. The van der Waals surface area contributed by atoms with Crippen molar-refractivity contribution in [1.82, 2.24) is 10.3 Å². The van der Waals surface area contributed by atoms with Crippen molar-refractivity contribution in [2.24, 2.45) is 0 Å². The van der Waals surface area contributed by atoms with E-state index in [9.17, 15) is 53.1 Å². The molecule has 1 aromatic carbocycles. The van der Waals surface area contributed by atoms with Gasteiger partial charge in [-0.15, -0.1) is 0 Å². The molecule has 0 radical (unpaired) electrons. The molecule has 1 heterocycles. The summed E-state index contributed by atoms with van der Waals surface area (Å²) in [7, 11) is -3.79. The van der Waals surface area contributed by atoms with Crippen LogP contribution in [0.15, 0.2) is 48.2 Å². The molecule has 1 atom stereocenters. The topological polar surface area (TPSA) is 112 Å². The number of nitrogens with zero attached hydrogens (tertiary/aromatic N) is 1. The van der Waals surface area contributed by atoms with Gasteiger partial charge < -0.3 is 14.8 Å². The number of hydrogen-bond donors (Lipinski definition) is 1. The van der Waals surface area contributed by atoms with Crippen LogP contribution in [0.4, 0.5) is 35.1 Å². The summed E-state index contributed by atoms with van der Waals surface area (Å²) in [5.74, 6) is -3.21. The van der Waals surface area contributed by atoms with Gasteiger partial charge in [-0.1, -0.05) is 12.1 Å². The lowest BCUT2D eigenvalue weighted by Crippen LogP contribution is -2.40. The fourth-order valence-corrected chi connectivity index (χ4v) is 4.68. The lowest BCUT2D eigenvalue weighted by molar-refractivity contribution is -0.184. The third-order valence-corrected chi connectivity index (χ3v) is 7.22. The number of ketones is 1. The number of ether oxygens (including phenoxy) is 2. The first-order valence-electron chi connectivity index (χ1n) is 13.1. The Balaban J connectivity index is 2.56. The van der Waals surface area contributed by atoms with Crippen molar-refractivity contribution < 1.29 is 62.6 Å². The van der Waals surface area contributed by atoms with Gasteiger partial charge in [0, 0.05) is 24.8 Å². The molecule has 0 unspecified atom stereocenters. The van der Waals surface area contributed by atoms with Gasteiger partial charge in [-0.3, -0.25) is 14.6 Å². The van der Waals surface area contributed by atoms with Gasteiger partial charge in [-0.05, 0) is 62.1 Å². The number of carbonyl (C=O) groups excluding carboxylic acids is 2. The van der Waals surface area contributed by atoms with Crippen molar-refractivity contribution >= 4 is 27.1 Å². The second kappa shape index (κ2) is 15.0. The molecular formula is C28H30F8N2O6S. The summed E-state index contributed by atoms with van der Waals surface area (Å²) in [6, 6.07) is 6.43. The summed E-state index contributed by atoms with van der Waals surface area (Å²) < 4.78 is 139. The highest BCUT2D eigenvalue weighted by Crippen LogP contribution is 2.47. The van der Waals surface area contributed by atoms with Crippen LogP contribution in [0.1, 0.15) is 44.4 Å². The summed E-state index contributed by atoms with van der Waals surface area (Å²) in [5.41, 5.74) is -4.05. The second-order valence-corrected chi connectivity index (χ2v) is 12.4. The number of halogens is 8. The van der Waals surface area contributed by atoms with E-state index in [-0.39, 0.29) is 41.2 Å². The zero-order valence-corrected chi connectivity index (χ0v) is 25.0. The van der Waals surface area contributed by atoms with Crippen LogP contribution in [-0.4, -0.2) is 69.2 Å². The van der Waals surface area contributed by atoms with Crippen molar-refractivity contribution in [1.29, 1.82) is 0 Å². The number of alkyl halides is 8. The molecule has 1 amide bonds. The van der Waals surface area contributed by atoms with Gasteiger partial charge in [0.1, 0.15) is 17.3 Å². The monoisotopic (exact) mass is 674 g/mol. The Kier molecular flexibility index (Phi) is 12.5. The average Bonchev–Trinajstić information content (AvgIpc) is 2.88. The molecule has 0 bridgehead atoms. The normalized spacial score (nSPS) is 14.4. The van der Waals surface area contributed by atoms with Crippen molar-refractivity contribution in [2.45, 2.75) is 57.5 Å². The molecule has 0 aliphatic rings.